The van der Waals surface area contributed by atoms with Crippen LogP contribution in [0.4, 0.5) is 5.69 Å². The number of nitro benzene ring substituents is 1. The van der Waals surface area contributed by atoms with Crippen LogP contribution in [-0.2, 0) is 6.42 Å². The van der Waals surface area contributed by atoms with Crippen molar-refractivity contribution in [2.75, 3.05) is 0 Å². The summed E-state index contributed by atoms with van der Waals surface area (Å²) in [6.07, 6.45) is 0.764. The van der Waals surface area contributed by atoms with Gasteiger partial charge in [0.25, 0.3) is 5.69 Å². The van der Waals surface area contributed by atoms with Crippen LogP contribution in [0.5, 0.6) is 11.5 Å². The van der Waals surface area contributed by atoms with E-state index in [1.807, 2.05) is 6.92 Å². The van der Waals surface area contributed by atoms with Crippen molar-refractivity contribution in [1.29, 1.82) is 5.26 Å². The molecule has 0 fully saturated rings. The van der Waals surface area contributed by atoms with Crippen LogP contribution < -0.4 is 4.74 Å². The topological polar surface area (TPSA) is 76.2 Å². The summed E-state index contributed by atoms with van der Waals surface area (Å²) in [5.74, 6) is 0.926. The minimum atomic E-state index is -0.597. The van der Waals surface area contributed by atoms with Gasteiger partial charge in [-0.15, -0.1) is 0 Å². The number of benzene rings is 2. The Kier molecular flexibility index (Phi) is 4.41. The van der Waals surface area contributed by atoms with Crippen LogP contribution >= 0.6 is 11.6 Å². The molecule has 0 saturated carbocycles. The van der Waals surface area contributed by atoms with Gasteiger partial charge in [0.2, 0.25) is 0 Å². The largest absolute Gasteiger partial charge is 0.457 e. The molecule has 0 aliphatic rings. The second-order valence-corrected chi connectivity index (χ2v) is 4.66. The smallest absolute Gasteiger partial charge is 0.287 e. The summed E-state index contributed by atoms with van der Waals surface area (Å²) in [4.78, 5) is 10.2. The summed E-state index contributed by atoms with van der Waals surface area (Å²) in [7, 11) is 0. The van der Waals surface area contributed by atoms with E-state index >= 15 is 0 Å². The summed E-state index contributed by atoms with van der Waals surface area (Å²) in [6, 6.07) is 11.1. The molecule has 0 saturated heterocycles. The van der Waals surface area contributed by atoms with Crippen molar-refractivity contribution in [2.24, 2.45) is 0 Å². The standard InChI is InChI=1S/C15H11ClN2O3/c1-2-10-7-12(3-5-14(10)16)21-13-4-6-15(18(19)20)11(8-13)9-17/h3-8H,2H2,1H3. The average Bonchev–Trinajstić information content (AvgIpc) is 2.48. The molecule has 106 valence electrons. The van der Waals surface area contributed by atoms with Crippen molar-refractivity contribution in [3.63, 3.8) is 0 Å². The van der Waals surface area contributed by atoms with E-state index in [9.17, 15) is 10.1 Å². The molecule has 2 aromatic rings. The Labute approximate surface area is 126 Å². The molecule has 0 atom stereocenters. The highest BCUT2D eigenvalue weighted by atomic mass is 35.5. The lowest BCUT2D eigenvalue weighted by atomic mass is 10.1. The number of nitriles is 1. The highest BCUT2D eigenvalue weighted by molar-refractivity contribution is 6.31. The summed E-state index contributed by atoms with van der Waals surface area (Å²) >= 11 is 6.03. The van der Waals surface area contributed by atoms with Gasteiger partial charge < -0.3 is 4.74 Å². The van der Waals surface area contributed by atoms with Crippen LogP contribution in [0.2, 0.25) is 5.02 Å². The zero-order chi connectivity index (χ0) is 15.4. The molecule has 2 rings (SSSR count). The van der Waals surface area contributed by atoms with Gasteiger partial charge in [-0.2, -0.15) is 5.26 Å². The lowest BCUT2D eigenvalue weighted by molar-refractivity contribution is -0.385. The van der Waals surface area contributed by atoms with Crippen molar-refractivity contribution >= 4 is 17.3 Å². The molecule has 0 N–H and O–H groups in total. The molecule has 0 aliphatic carbocycles. The van der Waals surface area contributed by atoms with Crippen LogP contribution in [0.15, 0.2) is 36.4 Å². The van der Waals surface area contributed by atoms with Crippen LogP contribution in [0.1, 0.15) is 18.1 Å². The highest BCUT2D eigenvalue weighted by Crippen LogP contribution is 2.29. The Morgan fingerprint density at radius 3 is 2.57 bits per heavy atom. The predicted molar refractivity (Wildman–Crippen MR) is 78.7 cm³/mol. The van der Waals surface area contributed by atoms with Gasteiger partial charge in [-0.1, -0.05) is 18.5 Å². The SMILES string of the molecule is CCc1cc(Oc2ccc([N+](=O)[O-])c(C#N)c2)ccc1Cl. The first-order valence-corrected chi connectivity index (χ1v) is 6.57. The fraction of sp³-hybridized carbons (Fsp3) is 0.133. The molecule has 0 radical (unpaired) electrons. The molecule has 2 aromatic carbocycles. The Balaban J connectivity index is 2.32. The molecule has 0 heterocycles. The van der Waals surface area contributed by atoms with Gasteiger partial charge in [0.1, 0.15) is 23.1 Å². The van der Waals surface area contributed by atoms with Crippen molar-refractivity contribution in [3.8, 4) is 17.6 Å². The van der Waals surface area contributed by atoms with E-state index in [-0.39, 0.29) is 11.3 Å². The molecule has 0 unspecified atom stereocenters. The van der Waals surface area contributed by atoms with Crippen LogP contribution in [0.3, 0.4) is 0 Å². The number of rotatable bonds is 4. The number of aryl methyl sites for hydroxylation is 1. The second kappa shape index (κ2) is 6.25. The maximum absolute atomic E-state index is 10.8. The molecule has 0 bridgehead atoms. The van der Waals surface area contributed by atoms with Gasteiger partial charge in [-0.05, 0) is 36.2 Å². The monoisotopic (exact) mass is 302 g/mol. The number of nitrogens with zero attached hydrogens (tertiary/aromatic N) is 2. The molecular weight excluding hydrogens is 292 g/mol. The number of nitro groups is 1. The normalized spacial score (nSPS) is 9.95. The minimum Gasteiger partial charge on any atom is -0.457 e. The average molecular weight is 303 g/mol. The Morgan fingerprint density at radius 2 is 1.95 bits per heavy atom. The van der Waals surface area contributed by atoms with Gasteiger partial charge in [-0.25, -0.2) is 0 Å². The molecule has 0 aliphatic heterocycles. The third-order valence-corrected chi connectivity index (χ3v) is 3.29. The molecule has 0 spiro atoms. The molecular formula is C15H11ClN2O3. The zero-order valence-corrected chi connectivity index (χ0v) is 11.9. The van der Waals surface area contributed by atoms with Gasteiger partial charge in [0.05, 0.1) is 4.92 Å². The maximum atomic E-state index is 10.8. The van der Waals surface area contributed by atoms with Gasteiger partial charge in [0.15, 0.2) is 0 Å². The van der Waals surface area contributed by atoms with Crippen LogP contribution in [0, 0.1) is 21.4 Å². The fourth-order valence-electron chi connectivity index (χ4n) is 1.85. The third kappa shape index (κ3) is 3.30. The van der Waals surface area contributed by atoms with E-state index in [0.717, 1.165) is 12.0 Å². The lowest BCUT2D eigenvalue weighted by Crippen LogP contribution is -1.93. The zero-order valence-electron chi connectivity index (χ0n) is 11.2. The third-order valence-electron chi connectivity index (χ3n) is 2.92. The summed E-state index contributed by atoms with van der Waals surface area (Å²) in [5, 5.41) is 20.4. The summed E-state index contributed by atoms with van der Waals surface area (Å²) in [5.41, 5.74) is 0.661. The van der Waals surface area contributed by atoms with E-state index in [4.69, 9.17) is 21.6 Å². The first-order chi connectivity index (χ1) is 10.0. The van der Waals surface area contributed by atoms with Crippen LogP contribution in [0.25, 0.3) is 0 Å². The second-order valence-electron chi connectivity index (χ2n) is 4.26. The number of halogens is 1. The molecule has 0 amide bonds. The fourth-order valence-corrected chi connectivity index (χ4v) is 2.10. The first-order valence-electron chi connectivity index (χ1n) is 6.20. The molecule has 5 nitrogen and oxygen atoms in total. The quantitative estimate of drug-likeness (QED) is 0.616. The van der Waals surface area contributed by atoms with E-state index < -0.39 is 4.92 Å². The summed E-state index contributed by atoms with van der Waals surface area (Å²) < 4.78 is 5.62. The first kappa shape index (κ1) is 14.8. The van der Waals surface area contributed by atoms with Gasteiger partial charge in [0, 0.05) is 17.2 Å². The lowest BCUT2D eigenvalue weighted by Gasteiger charge is -2.08. The van der Waals surface area contributed by atoms with Crippen molar-refractivity contribution in [3.05, 3.63) is 62.7 Å². The Hall–Kier alpha value is -2.58. The van der Waals surface area contributed by atoms with Crippen molar-refractivity contribution in [1.82, 2.24) is 0 Å². The maximum Gasteiger partial charge on any atom is 0.287 e. The van der Waals surface area contributed by atoms with Gasteiger partial charge in [-0.3, -0.25) is 10.1 Å². The molecule has 21 heavy (non-hydrogen) atoms. The Bertz CT molecular complexity index is 738. The van der Waals surface area contributed by atoms with E-state index in [0.29, 0.717) is 16.5 Å². The van der Waals surface area contributed by atoms with E-state index in [1.165, 1.54) is 18.2 Å². The predicted octanol–water partition coefficient (Wildman–Crippen LogP) is 4.47. The van der Waals surface area contributed by atoms with E-state index in [1.54, 1.807) is 24.3 Å². The van der Waals surface area contributed by atoms with Gasteiger partial charge >= 0.3 is 0 Å². The van der Waals surface area contributed by atoms with E-state index in [2.05, 4.69) is 0 Å². The number of hydrogen-bond acceptors (Lipinski definition) is 4. The van der Waals surface area contributed by atoms with Crippen LogP contribution in [-0.4, -0.2) is 4.92 Å². The minimum absolute atomic E-state index is 0.0396. The van der Waals surface area contributed by atoms with Crippen molar-refractivity contribution in [2.45, 2.75) is 13.3 Å². The van der Waals surface area contributed by atoms with Crippen molar-refractivity contribution < 1.29 is 9.66 Å². The molecule has 6 heteroatoms. The highest BCUT2D eigenvalue weighted by Gasteiger charge is 2.14. The summed E-state index contributed by atoms with van der Waals surface area (Å²) in [6.45, 7) is 1.98. The molecule has 0 aromatic heterocycles. The number of hydrogen-bond donors (Lipinski definition) is 0. The number of ether oxygens (including phenoxy) is 1. The Morgan fingerprint density at radius 1 is 1.29 bits per heavy atom.